The first kappa shape index (κ1) is 16.4. The standard InChI is InChI=1S/C13H17N3O5/c1-8(2)11(12(17)18)15-13(19)14-7-9-4-3-5-10(6-9)16(20)21/h3-6,8,11H,7H2,1-2H3,(H,17,18)(H2,14,15,19)/t11-/m1/s1. The van der Waals surface area contributed by atoms with Crippen LogP contribution in [-0.2, 0) is 11.3 Å². The Bertz CT molecular complexity index is 544. The topological polar surface area (TPSA) is 122 Å². The van der Waals surface area contributed by atoms with E-state index in [-0.39, 0.29) is 18.2 Å². The summed E-state index contributed by atoms with van der Waals surface area (Å²) in [6.07, 6.45) is 0. The highest BCUT2D eigenvalue weighted by atomic mass is 16.6. The second-order valence-electron chi connectivity index (χ2n) is 4.81. The number of benzene rings is 1. The van der Waals surface area contributed by atoms with E-state index in [2.05, 4.69) is 10.6 Å². The molecule has 0 unspecified atom stereocenters. The van der Waals surface area contributed by atoms with Crippen molar-refractivity contribution in [3.8, 4) is 0 Å². The van der Waals surface area contributed by atoms with Gasteiger partial charge >= 0.3 is 12.0 Å². The van der Waals surface area contributed by atoms with Crippen LogP contribution in [0.2, 0.25) is 0 Å². The lowest BCUT2D eigenvalue weighted by atomic mass is 10.1. The normalized spacial score (nSPS) is 11.8. The zero-order valence-corrected chi connectivity index (χ0v) is 11.7. The number of aliphatic carboxylic acids is 1. The molecule has 0 aromatic heterocycles. The number of nitro benzene ring substituents is 1. The Balaban J connectivity index is 2.58. The molecular weight excluding hydrogens is 278 g/mol. The molecule has 21 heavy (non-hydrogen) atoms. The number of carboxylic acid groups (broad SMARTS) is 1. The monoisotopic (exact) mass is 295 g/mol. The molecule has 0 radical (unpaired) electrons. The third-order valence-electron chi connectivity index (χ3n) is 2.79. The number of carbonyl (C=O) groups excluding carboxylic acids is 1. The van der Waals surface area contributed by atoms with Gasteiger partial charge in [0.15, 0.2) is 0 Å². The number of carboxylic acids is 1. The predicted octanol–water partition coefficient (Wildman–Crippen LogP) is 1.50. The molecule has 0 spiro atoms. The molecular formula is C13H17N3O5. The third kappa shape index (κ3) is 5.09. The summed E-state index contributed by atoms with van der Waals surface area (Å²) in [5, 5.41) is 24.4. The fraction of sp³-hybridized carbons (Fsp3) is 0.385. The summed E-state index contributed by atoms with van der Waals surface area (Å²) in [7, 11) is 0. The van der Waals surface area contributed by atoms with Crippen molar-refractivity contribution in [3.63, 3.8) is 0 Å². The smallest absolute Gasteiger partial charge is 0.326 e. The Morgan fingerprint density at radius 1 is 1.38 bits per heavy atom. The summed E-state index contributed by atoms with van der Waals surface area (Å²) in [6, 6.07) is 4.21. The van der Waals surface area contributed by atoms with E-state index in [0.29, 0.717) is 5.56 Å². The van der Waals surface area contributed by atoms with Crippen LogP contribution in [0.25, 0.3) is 0 Å². The molecule has 0 saturated carbocycles. The molecule has 0 fully saturated rings. The molecule has 8 nitrogen and oxygen atoms in total. The number of nitrogens with zero attached hydrogens (tertiary/aromatic N) is 1. The number of hydrogen-bond acceptors (Lipinski definition) is 4. The Morgan fingerprint density at radius 3 is 2.57 bits per heavy atom. The van der Waals surface area contributed by atoms with Crippen molar-refractivity contribution < 1.29 is 19.6 Å². The fourth-order valence-corrected chi connectivity index (χ4v) is 1.67. The molecule has 1 aromatic carbocycles. The summed E-state index contributed by atoms with van der Waals surface area (Å²) in [5.74, 6) is -1.37. The lowest BCUT2D eigenvalue weighted by Gasteiger charge is -2.18. The summed E-state index contributed by atoms with van der Waals surface area (Å²) in [4.78, 5) is 32.7. The van der Waals surface area contributed by atoms with Gasteiger partial charge in [0.2, 0.25) is 0 Å². The summed E-state index contributed by atoms with van der Waals surface area (Å²) in [6.45, 7) is 3.43. The first-order valence-corrected chi connectivity index (χ1v) is 6.31. The van der Waals surface area contributed by atoms with Gasteiger partial charge < -0.3 is 15.7 Å². The van der Waals surface area contributed by atoms with Gasteiger partial charge in [-0.2, -0.15) is 0 Å². The number of urea groups is 1. The first-order valence-electron chi connectivity index (χ1n) is 6.31. The van der Waals surface area contributed by atoms with Crippen molar-refractivity contribution in [2.45, 2.75) is 26.4 Å². The van der Waals surface area contributed by atoms with Crippen LogP contribution < -0.4 is 10.6 Å². The Kier molecular flexibility index (Phi) is 5.65. The molecule has 2 amide bonds. The predicted molar refractivity (Wildman–Crippen MR) is 74.7 cm³/mol. The number of carbonyl (C=O) groups is 2. The van der Waals surface area contributed by atoms with Crippen LogP contribution in [0, 0.1) is 16.0 Å². The van der Waals surface area contributed by atoms with Gasteiger partial charge in [-0.25, -0.2) is 9.59 Å². The van der Waals surface area contributed by atoms with Gasteiger partial charge in [0.05, 0.1) is 4.92 Å². The van der Waals surface area contributed by atoms with Crippen LogP contribution in [0.3, 0.4) is 0 Å². The molecule has 0 heterocycles. The lowest BCUT2D eigenvalue weighted by molar-refractivity contribution is -0.384. The first-order chi connectivity index (χ1) is 9.81. The quantitative estimate of drug-likeness (QED) is 0.542. The summed E-state index contributed by atoms with van der Waals surface area (Å²) in [5.41, 5.74) is 0.482. The number of hydrogen-bond donors (Lipinski definition) is 3. The molecule has 0 aliphatic rings. The number of amides is 2. The van der Waals surface area contributed by atoms with E-state index in [4.69, 9.17) is 5.11 Å². The number of nitrogens with one attached hydrogen (secondary N) is 2. The van der Waals surface area contributed by atoms with Gasteiger partial charge in [0.1, 0.15) is 6.04 Å². The van der Waals surface area contributed by atoms with Crippen molar-refractivity contribution in [1.82, 2.24) is 10.6 Å². The van der Waals surface area contributed by atoms with E-state index < -0.39 is 23.0 Å². The van der Waals surface area contributed by atoms with Gasteiger partial charge in [-0.15, -0.1) is 0 Å². The second-order valence-corrected chi connectivity index (χ2v) is 4.81. The van der Waals surface area contributed by atoms with Crippen LogP contribution in [0.4, 0.5) is 10.5 Å². The molecule has 1 aromatic rings. The summed E-state index contributed by atoms with van der Waals surface area (Å²) < 4.78 is 0. The molecule has 1 rings (SSSR count). The minimum absolute atomic E-state index is 0.0674. The van der Waals surface area contributed by atoms with E-state index in [9.17, 15) is 19.7 Å². The maximum Gasteiger partial charge on any atom is 0.326 e. The highest BCUT2D eigenvalue weighted by molar-refractivity contribution is 5.82. The van der Waals surface area contributed by atoms with Crippen LogP contribution in [-0.4, -0.2) is 28.1 Å². The number of non-ortho nitro benzene ring substituents is 1. The van der Waals surface area contributed by atoms with Crippen LogP contribution in [0.5, 0.6) is 0 Å². The number of nitro groups is 1. The maximum absolute atomic E-state index is 11.6. The van der Waals surface area contributed by atoms with E-state index in [1.807, 2.05) is 0 Å². The molecule has 114 valence electrons. The van der Waals surface area contributed by atoms with Crippen LogP contribution in [0.1, 0.15) is 19.4 Å². The summed E-state index contributed by atoms with van der Waals surface area (Å²) >= 11 is 0. The molecule has 0 aliphatic carbocycles. The number of rotatable bonds is 6. The van der Waals surface area contributed by atoms with E-state index in [1.54, 1.807) is 19.9 Å². The molecule has 8 heteroatoms. The average molecular weight is 295 g/mol. The highest BCUT2D eigenvalue weighted by Crippen LogP contribution is 2.12. The minimum atomic E-state index is -1.12. The Morgan fingerprint density at radius 2 is 2.05 bits per heavy atom. The van der Waals surface area contributed by atoms with Gasteiger partial charge in [-0.3, -0.25) is 10.1 Å². The van der Waals surface area contributed by atoms with Crippen molar-refractivity contribution in [2.24, 2.45) is 5.92 Å². The average Bonchev–Trinajstić information content (AvgIpc) is 2.42. The Hall–Kier alpha value is -2.64. The largest absolute Gasteiger partial charge is 0.480 e. The van der Waals surface area contributed by atoms with Crippen molar-refractivity contribution in [3.05, 3.63) is 39.9 Å². The maximum atomic E-state index is 11.6. The van der Waals surface area contributed by atoms with Gasteiger partial charge in [-0.05, 0) is 11.5 Å². The zero-order valence-electron chi connectivity index (χ0n) is 11.7. The van der Waals surface area contributed by atoms with Crippen LogP contribution >= 0.6 is 0 Å². The minimum Gasteiger partial charge on any atom is -0.480 e. The second kappa shape index (κ2) is 7.22. The molecule has 0 saturated heterocycles. The highest BCUT2D eigenvalue weighted by Gasteiger charge is 2.23. The van der Waals surface area contributed by atoms with Gasteiger partial charge in [-0.1, -0.05) is 26.0 Å². The fourth-order valence-electron chi connectivity index (χ4n) is 1.67. The van der Waals surface area contributed by atoms with Crippen molar-refractivity contribution in [1.29, 1.82) is 0 Å². The van der Waals surface area contributed by atoms with E-state index in [1.165, 1.54) is 18.2 Å². The van der Waals surface area contributed by atoms with Gasteiger partial charge in [0.25, 0.3) is 5.69 Å². The van der Waals surface area contributed by atoms with Crippen LogP contribution in [0.15, 0.2) is 24.3 Å². The van der Waals surface area contributed by atoms with Gasteiger partial charge in [0, 0.05) is 18.7 Å². The molecule has 0 aliphatic heterocycles. The lowest BCUT2D eigenvalue weighted by Crippen LogP contribution is -2.48. The van der Waals surface area contributed by atoms with E-state index in [0.717, 1.165) is 0 Å². The molecule has 3 N–H and O–H groups in total. The Labute approximate surface area is 121 Å². The SMILES string of the molecule is CC(C)[C@@H](NC(=O)NCc1cccc([N+](=O)[O-])c1)C(=O)O. The zero-order chi connectivity index (χ0) is 16.0. The van der Waals surface area contributed by atoms with Crippen molar-refractivity contribution in [2.75, 3.05) is 0 Å². The van der Waals surface area contributed by atoms with Crippen molar-refractivity contribution >= 4 is 17.7 Å². The molecule has 1 atom stereocenters. The molecule has 0 bridgehead atoms. The third-order valence-corrected chi connectivity index (χ3v) is 2.79. The van der Waals surface area contributed by atoms with E-state index >= 15 is 0 Å².